The van der Waals surface area contributed by atoms with Crippen molar-refractivity contribution in [1.29, 1.82) is 0 Å². The summed E-state index contributed by atoms with van der Waals surface area (Å²) in [5.74, 6) is 0.199. The Hall–Kier alpha value is -3.78. The minimum absolute atomic E-state index is 0.0548. The highest BCUT2D eigenvalue weighted by Crippen LogP contribution is 2.30. The van der Waals surface area contributed by atoms with E-state index in [1.807, 2.05) is 34.9 Å². The molecule has 6 nitrogen and oxygen atoms in total. The number of carbonyl (C=O) groups is 1. The third kappa shape index (κ3) is 6.22. The van der Waals surface area contributed by atoms with Gasteiger partial charge in [0.05, 0.1) is 12.0 Å². The van der Waals surface area contributed by atoms with Gasteiger partial charge in [0.15, 0.2) is 11.0 Å². The lowest BCUT2D eigenvalue weighted by atomic mass is 9.87. The molecule has 35 heavy (non-hydrogen) atoms. The molecule has 0 atom stereocenters. The van der Waals surface area contributed by atoms with Gasteiger partial charge in [0.1, 0.15) is 5.82 Å². The molecule has 0 aliphatic heterocycles. The normalized spacial score (nSPS) is 11.7. The van der Waals surface area contributed by atoms with Gasteiger partial charge in [-0.2, -0.15) is 5.10 Å². The van der Waals surface area contributed by atoms with Crippen LogP contribution < -0.4 is 5.43 Å². The molecule has 3 aromatic carbocycles. The number of thioether (sulfide) groups is 1. The number of hydrazone groups is 1. The first kappa shape index (κ1) is 24.3. The summed E-state index contributed by atoms with van der Waals surface area (Å²) in [6.07, 6.45) is 1.47. The Morgan fingerprint density at radius 3 is 2.34 bits per heavy atom. The van der Waals surface area contributed by atoms with Crippen molar-refractivity contribution >= 4 is 23.9 Å². The maximum Gasteiger partial charge on any atom is 0.250 e. The topological polar surface area (TPSA) is 72.2 Å². The number of halogens is 1. The van der Waals surface area contributed by atoms with E-state index >= 15 is 0 Å². The minimum Gasteiger partial charge on any atom is -0.272 e. The van der Waals surface area contributed by atoms with E-state index in [9.17, 15) is 9.18 Å². The van der Waals surface area contributed by atoms with Gasteiger partial charge in [0, 0.05) is 11.3 Å². The summed E-state index contributed by atoms with van der Waals surface area (Å²) in [6, 6.07) is 24.0. The predicted molar refractivity (Wildman–Crippen MR) is 138 cm³/mol. The molecule has 178 valence electrons. The Morgan fingerprint density at radius 1 is 1.00 bits per heavy atom. The summed E-state index contributed by atoms with van der Waals surface area (Å²) in [7, 11) is 0. The first-order valence-electron chi connectivity index (χ1n) is 11.1. The van der Waals surface area contributed by atoms with Gasteiger partial charge in [0.25, 0.3) is 5.91 Å². The molecule has 0 aliphatic rings. The molecule has 0 bridgehead atoms. The van der Waals surface area contributed by atoms with Crippen LogP contribution >= 0.6 is 11.8 Å². The first-order valence-corrected chi connectivity index (χ1v) is 12.1. The minimum atomic E-state index is -0.324. The fourth-order valence-corrected chi connectivity index (χ4v) is 4.11. The number of hydrogen-bond donors (Lipinski definition) is 1. The molecule has 4 rings (SSSR count). The van der Waals surface area contributed by atoms with E-state index in [1.165, 1.54) is 35.7 Å². The van der Waals surface area contributed by atoms with Gasteiger partial charge in [-0.25, -0.2) is 9.82 Å². The number of para-hydroxylation sites is 1. The van der Waals surface area contributed by atoms with E-state index in [4.69, 9.17) is 0 Å². The Morgan fingerprint density at radius 2 is 1.69 bits per heavy atom. The van der Waals surface area contributed by atoms with E-state index < -0.39 is 0 Å². The highest BCUT2D eigenvalue weighted by molar-refractivity contribution is 7.99. The standard InChI is InChI=1S/C27H26FN5OS/c1-27(2,3)21-13-11-20(12-14-21)25-31-32-26(33(25)23-7-5-4-6-8-23)35-18-24(34)30-29-17-19-9-15-22(28)16-10-19/h4-17H,18H2,1-3H3,(H,30,34)/b29-17+. The van der Waals surface area contributed by atoms with Crippen LogP contribution in [0.5, 0.6) is 0 Å². The fraction of sp³-hybridized carbons (Fsp3) is 0.185. The van der Waals surface area contributed by atoms with Crippen molar-refractivity contribution in [2.45, 2.75) is 31.3 Å². The van der Waals surface area contributed by atoms with Gasteiger partial charge >= 0.3 is 0 Å². The largest absolute Gasteiger partial charge is 0.272 e. The molecule has 0 aliphatic carbocycles. The van der Waals surface area contributed by atoms with Crippen molar-refractivity contribution in [3.05, 3.63) is 95.8 Å². The molecular weight excluding hydrogens is 461 g/mol. The third-order valence-corrected chi connectivity index (χ3v) is 6.19. The van der Waals surface area contributed by atoms with Crippen LogP contribution in [-0.2, 0) is 10.2 Å². The Balaban J connectivity index is 1.51. The smallest absolute Gasteiger partial charge is 0.250 e. The molecule has 0 saturated heterocycles. The second kappa shape index (κ2) is 10.7. The van der Waals surface area contributed by atoms with Crippen LogP contribution in [-0.4, -0.2) is 32.6 Å². The highest BCUT2D eigenvalue weighted by atomic mass is 32.2. The van der Waals surface area contributed by atoms with Gasteiger partial charge in [-0.3, -0.25) is 9.36 Å². The average molecular weight is 488 g/mol. The fourth-order valence-electron chi connectivity index (χ4n) is 3.37. The van der Waals surface area contributed by atoms with E-state index in [0.717, 1.165) is 11.3 Å². The zero-order valence-corrected chi connectivity index (χ0v) is 20.6. The van der Waals surface area contributed by atoms with Gasteiger partial charge in [-0.05, 0) is 40.8 Å². The molecule has 8 heteroatoms. The number of amides is 1. The SMILES string of the molecule is CC(C)(C)c1ccc(-c2nnc(SCC(=O)N/N=C/c3ccc(F)cc3)n2-c2ccccc2)cc1. The van der Waals surface area contributed by atoms with Crippen molar-refractivity contribution in [2.75, 3.05) is 5.75 Å². The molecule has 1 N–H and O–H groups in total. The zero-order chi connectivity index (χ0) is 24.8. The van der Waals surface area contributed by atoms with Crippen molar-refractivity contribution in [1.82, 2.24) is 20.2 Å². The van der Waals surface area contributed by atoms with Crippen molar-refractivity contribution in [3.63, 3.8) is 0 Å². The summed E-state index contributed by atoms with van der Waals surface area (Å²) in [4.78, 5) is 12.4. The van der Waals surface area contributed by atoms with Gasteiger partial charge < -0.3 is 0 Å². The Kier molecular flexibility index (Phi) is 7.41. The zero-order valence-electron chi connectivity index (χ0n) is 19.8. The molecule has 4 aromatic rings. The first-order chi connectivity index (χ1) is 16.8. The number of rotatable bonds is 7. The summed E-state index contributed by atoms with van der Waals surface area (Å²) in [6.45, 7) is 6.54. The van der Waals surface area contributed by atoms with E-state index in [-0.39, 0.29) is 22.9 Å². The van der Waals surface area contributed by atoms with Gasteiger partial charge in [0.2, 0.25) is 0 Å². The van der Waals surface area contributed by atoms with Crippen LogP contribution in [0.25, 0.3) is 17.1 Å². The average Bonchev–Trinajstić information content (AvgIpc) is 3.28. The van der Waals surface area contributed by atoms with Crippen molar-refractivity contribution in [3.8, 4) is 17.1 Å². The highest BCUT2D eigenvalue weighted by Gasteiger charge is 2.19. The van der Waals surface area contributed by atoms with Gasteiger partial charge in [-0.15, -0.1) is 10.2 Å². The Bertz CT molecular complexity index is 1310. The second-order valence-electron chi connectivity index (χ2n) is 8.94. The van der Waals surface area contributed by atoms with Crippen LogP contribution in [0.2, 0.25) is 0 Å². The van der Waals surface area contributed by atoms with Crippen LogP contribution in [0.4, 0.5) is 4.39 Å². The molecule has 0 fully saturated rings. The third-order valence-electron chi connectivity index (χ3n) is 5.26. The van der Waals surface area contributed by atoms with Crippen molar-refractivity contribution < 1.29 is 9.18 Å². The molecule has 1 aromatic heterocycles. The second-order valence-corrected chi connectivity index (χ2v) is 9.88. The molecule has 0 spiro atoms. The number of nitrogens with one attached hydrogen (secondary N) is 1. The summed E-state index contributed by atoms with van der Waals surface area (Å²) < 4.78 is 14.9. The quantitative estimate of drug-likeness (QED) is 0.209. The monoisotopic (exact) mass is 487 g/mol. The Labute approximate surface area is 208 Å². The lowest BCUT2D eigenvalue weighted by Crippen LogP contribution is -2.20. The van der Waals surface area contributed by atoms with E-state index in [0.29, 0.717) is 16.5 Å². The lowest BCUT2D eigenvalue weighted by molar-refractivity contribution is -0.118. The van der Waals surface area contributed by atoms with Crippen LogP contribution in [0, 0.1) is 5.82 Å². The maximum atomic E-state index is 13.0. The molecule has 1 amide bonds. The predicted octanol–water partition coefficient (Wildman–Crippen LogP) is 5.61. The summed E-state index contributed by atoms with van der Waals surface area (Å²) in [5, 5.41) is 13.4. The molecule has 0 saturated carbocycles. The van der Waals surface area contributed by atoms with Crippen LogP contribution in [0.1, 0.15) is 31.9 Å². The molecular formula is C27H26FN5OS. The number of aromatic nitrogens is 3. The van der Waals surface area contributed by atoms with Crippen LogP contribution in [0.3, 0.4) is 0 Å². The molecule has 0 radical (unpaired) electrons. The molecule has 0 unspecified atom stereocenters. The van der Waals surface area contributed by atoms with Crippen LogP contribution in [0.15, 0.2) is 89.1 Å². The van der Waals surface area contributed by atoms with Crippen molar-refractivity contribution in [2.24, 2.45) is 5.10 Å². The number of benzene rings is 3. The number of carbonyl (C=O) groups excluding carboxylic acids is 1. The number of hydrogen-bond acceptors (Lipinski definition) is 5. The summed E-state index contributed by atoms with van der Waals surface area (Å²) >= 11 is 1.27. The van der Waals surface area contributed by atoms with E-state index in [1.54, 1.807) is 12.1 Å². The van der Waals surface area contributed by atoms with E-state index in [2.05, 4.69) is 65.8 Å². The summed E-state index contributed by atoms with van der Waals surface area (Å²) in [5.41, 5.74) is 6.31. The lowest BCUT2D eigenvalue weighted by Gasteiger charge is -2.19. The van der Waals surface area contributed by atoms with Gasteiger partial charge in [-0.1, -0.05) is 87.1 Å². The maximum absolute atomic E-state index is 13.0. The molecule has 1 heterocycles. The number of nitrogens with zero attached hydrogens (tertiary/aromatic N) is 4.